The number of nitrogens with one attached hydrogen (secondary N) is 1. The van der Waals surface area contributed by atoms with Crippen LogP contribution < -0.4 is 5.43 Å². The molecule has 1 rings (SSSR count). The largest absolute Gasteiger partial charge is 0.298 e. The Morgan fingerprint density at radius 2 is 1.48 bits per heavy atom. The molecule has 1 aliphatic heterocycles. The molecular formula is C20H40N2O. The Hall–Kier alpha value is -0.410. The summed E-state index contributed by atoms with van der Waals surface area (Å²) in [5.41, 5.74) is 3.68. The van der Waals surface area contributed by atoms with Crippen LogP contribution in [0.4, 0.5) is 0 Å². The van der Waals surface area contributed by atoms with E-state index >= 15 is 0 Å². The Kier molecular flexibility index (Phi) is 11.6. The molecule has 0 radical (unpaired) electrons. The van der Waals surface area contributed by atoms with E-state index in [0.717, 1.165) is 13.0 Å². The number of nitrogens with zero attached hydrogens (tertiary/aromatic N) is 1. The standard InChI is InChI=1S/C20H40N2O/c1-4-6-8-10-11-13-15-19(14-12-9-7-5-2)21-22-17-16-20(22)18(3)23/h19-21H,4-17H2,1-3H3. The van der Waals surface area contributed by atoms with Gasteiger partial charge < -0.3 is 0 Å². The highest BCUT2D eigenvalue weighted by molar-refractivity contribution is 5.82. The fourth-order valence-corrected chi connectivity index (χ4v) is 3.46. The molecule has 0 amide bonds. The van der Waals surface area contributed by atoms with Crippen molar-refractivity contribution < 1.29 is 4.79 Å². The van der Waals surface area contributed by atoms with Crippen molar-refractivity contribution in [1.82, 2.24) is 10.4 Å². The summed E-state index contributed by atoms with van der Waals surface area (Å²) >= 11 is 0. The first-order valence-electron chi connectivity index (χ1n) is 10.2. The predicted molar refractivity (Wildman–Crippen MR) is 99.5 cm³/mol. The third-order valence-corrected chi connectivity index (χ3v) is 5.15. The third kappa shape index (κ3) is 8.85. The molecule has 2 atom stereocenters. The van der Waals surface area contributed by atoms with Gasteiger partial charge in [-0.3, -0.25) is 10.2 Å². The van der Waals surface area contributed by atoms with Crippen LogP contribution in [-0.4, -0.2) is 29.4 Å². The first-order valence-corrected chi connectivity index (χ1v) is 10.2. The smallest absolute Gasteiger partial charge is 0.148 e. The highest BCUT2D eigenvalue weighted by atomic mass is 16.1. The molecule has 0 spiro atoms. The van der Waals surface area contributed by atoms with Crippen molar-refractivity contribution in [2.45, 2.75) is 116 Å². The predicted octanol–water partition coefficient (Wildman–Crippen LogP) is 5.24. The van der Waals surface area contributed by atoms with Crippen LogP contribution in [0.25, 0.3) is 0 Å². The molecule has 2 unspecified atom stereocenters. The monoisotopic (exact) mass is 324 g/mol. The first kappa shape index (κ1) is 20.6. The van der Waals surface area contributed by atoms with Gasteiger partial charge in [0.2, 0.25) is 0 Å². The summed E-state index contributed by atoms with van der Waals surface area (Å²) in [6.07, 6.45) is 17.0. The number of rotatable bonds is 15. The minimum absolute atomic E-state index is 0.137. The number of Topliss-reactive ketones (excluding diaryl/α,β-unsaturated/α-hetero) is 1. The van der Waals surface area contributed by atoms with E-state index in [4.69, 9.17) is 0 Å². The Balaban J connectivity index is 2.26. The fraction of sp³-hybridized carbons (Fsp3) is 0.950. The summed E-state index contributed by atoms with van der Waals surface area (Å²) in [6, 6.07) is 0.706. The van der Waals surface area contributed by atoms with Crippen molar-refractivity contribution in [3.63, 3.8) is 0 Å². The topological polar surface area (TPSA) is 32.3 Å². The van der Waals surface area contributed by atoms with Crippen molar-refractivity contribution in [2.24, 2.45) is 0 Å². The lowest BCUT2D eigenvalue weighted by Crippen LogP contribution is -2.60. The number of unbranched alkanes of at least 4 members (excludes halogenated alkanes) is 8. The van der Waals surface area contributed by atoms with Gasteiger partial charge in [0.05, 0.1) is 6.04 Å². The molecule has 1 N–H and O–H groups in total. The Morgan fingerprint density at radius 1 is 0.957 bits per heavy atom. The van der Waals surface area contributed by atoms with E-state index in [1.807, 2.05) is 0 Å². The van der Waals surface area contributed by atoms with Crippen molar-refractivity contribution in [2.75, 3.05) is 6.54 Å². The maximum Gasteiger partial charge on any atom is 0.148 e. The van der Waals surface area contributed by atoms with Crippen LogP contribution in [0.2, 0.25) is 0 Å². The zero-order valence-corrected chi connectivity index (χ0v) is 15.9. The zero-order valence-electron chi connectivity index (χ0n) is 15.9. The molecule has 0 aliphatic carbocycles. The molecule has 1 heterocycles. The minimum atomic E-state index is 0.137. The Labute approximate surface area is 144 Å². The number of carbonyl (C=O) groups is 1. The van der Waals surface area contributed by atoms with Gasteiger partial charge in [0, 0.05) is 12.6 Å². The molecule has 0 aromatic rings. The van der Waals surface area contributed by atoms with E-state index in [1.54, 1.807) is 6.92 Å². The van der Waals surface area contributed by atoms with Crippen molar-refractivity contribution >= 4 is 5.78 Å². The maximum atomic E-state index is 11.6. The summed E-state index contributed by atoms with van der Waals surface area (Å²) in [6.45, 7) is 7.30. The summed E-state index contributed by atoms with van der Waals surface area (Å²) in [5, 5.41) is 2.20. The van der Waals surface area contributed by atoms with Gasteiger partial charge in [0.25, 0.3) is 0 Å². The van der Waals surface area contributed by atoms with Crippen molar-refractivity contribution in [3.8, 4) is 0 Å². The fourth-order valence-electron chi connectivity index (χ4n) is 3.46. The Morgan fingerprint density at radius 3 is 1.96 bits per heavy atom. The second-order valence-corrected chi connectivity index (χ2v) is 7.34. The summed E-state index contributed by atoms with van der Waals surface area (Å²) in [4.78, 5) is 11.6. The molecule has 3 heteroatoms. The average Bonchev–Trinajstić information content (AvgIpc) is 2.49. The normalized spacial score (nSPS) is 19.5. The SMILES string of the molecule is CCCCCCCCC(CCCCCC)NN1CCC1C(C)=O. The lowest BCUT2D eigenvalue weighted by atomic mass is 9.99. The second-order valence-electron chi connectivity index (χ2n) is 7.34. The van der Waals surface area contributed by atoms with Crippen molar-refractivity contribution in [3.05, 3.63) is 0 Å². The molecule has 3 nitrogen and oxygen atoms in total. The van der Waals surface area contributed by atoms with Crippen LogP contribution in [0.5, 0.6) is 0 Å². The molecule has 0 aromatic carbocycles. The molecule has 0 saturated carbocycles. The molecule has 1 fully saturated rings. The van der Waals surface area contributed by atoms with Crippen LogP contribution in [-0.2, 0) is 4.79 Å². The van der Waals surface area contributed by atoms with Crippen molar-refractivity contribution in [1.29, 1.82) is 0 Å². The summed E-state index contributed by atoms with van der Waals surface area (Å²) < 4.78 is 0. The minimum Gasteiger partial charge on any atom is -0.298 e. The first-order chi connectivity index (χ1) is 11.2. The van der Waals surface area contributed by atoms with Gasteiger partial charge in [-0.05, 0) is 26.2 Å². The lowest BCUT2D eigenvalue weighted by Gasteiger charge is -2.42. The van der Waals surface area contributed by atoms with Gasteiger partial charge in [-0.15, -0.1) is 0 Å². The van der Waals surface area contributed by atoms with E-state index in [0.29, 0.717) is 11.8 Å². The molecule has 1 aliphatic rings. The number of hydrazine groups is 1. The van der Waals surface area contributed by atoms with Crippen LogP contribution in [0.15, 0.2) is 0 Å². The van der Waals surface area contributed by atoms with Gasteiger partial charge in [0.1, 0.15) is 5.78 Å². The number of hydrogen-bond donors (Lipinski definition) is 1. The van der Waals surface area contributed by atoms with Gasteiger partial charge >= 0.3 is 0 Å². The average molecular weight is 325 g/mol. The maximum absolute atomic E-state index is 11.6. The highest BCUT2D eigenvalue weighted by Gasteiger charge is 2.32. The van der Waals surface area contributed by atoms with Crippen LogP contribution in [0.1, 0.15) is 104 Å². The second kappa shape index (κ2) is 12.9. The molecule has 0 aromatic heterocycles. The van der Waals surface area contributed by atoms with E-state index < -0.39 is 0 Å². The van der Waals surface area contributed by atoms with E-state index in [9.17, 15) is 4.79 Å². The number of carbonyl (C=O) groups excluding carboxylic acids is 1. The zero-order chi connectivity index (χ0) is 16.9. The van der Waals surface area contributed by atoms with Gasteiger partial charge in [-0.2, -0.15) is 0 Å². The van der Waals surface area contributed by atoms with Gasteiger partial charge in [-0.25, -0.2) is 5.01 Å². The number of hydrogen-bond acceptors (Lipinski definition) is 3. The quantitative estimate of drug-likeness (QED) is 0.418. The van der Waals surface area contributed by atoms with E-state index in [2.05, 4.69) is 24.3 Å². The van der Waals surface area contributed by atoms with Gasteiger partial charge in [-0.1, -0.05) is 78.1 Å². The molecule has 1 saturated heterocycles. The molecule has 0 bridgehead atoms. The van der Waals surface area contributed by atoms with Crippen LogP contribution in [0.3, 0.4) is 0 Å². The lowest BCUT2D eigenvalue weighted by molar-refractivity contribution is -0.129. The van der Waals surface area contributed by atoms with Crippen LogP contribution in [0, 0.1) is 0 Å². The summed E-state index contributed by atoms with van der Waals surface area (Å²) in [5.74, 6) is 0.313. The molecule has 136 valence electrons. The highest BCUT2D eigenvalue weighted by Crippen LogP contribution is 2.19. The molecular weight excluding hydrogens is 284 g/mol. The van der Waals surface area contributed by atoms with Crippen LogP contribution >= 0.6 is 0 Å². The molecule has 23 heavy (non-hydrogen) atoms. The number of ketones is 1. The summed E-state index contributed by atoms with van der Waals surface area (Å²) in [7, 11) is 0. The van der Waals surface area contributed by atoms with E-state index in [1.165, 1.54) is 77.0 Å². The van der Waals surface area contributed by atoms with Gasteiger partial charge in [0.15, 0.2) is 0 Å². The Bertz CT molecular complexity index is 306. The third-order valence-electron chi connectivity index (χ3n) is 5.15. The van der Waals surface area contributed by atoms with E-state index in [-0.39, 0.29) is 6.04 Å².